The Bertz CT molecular complexity index is 428. The van der Waals surface area contributed by atoms with Crippen molar-refractivity contribution in [1.29, 1.82) is 0 Å². The van der Waals surface area contributed by atoms with Crippen LogP contribution >= 0.6 is 11.8 Å². The topological polar surface area (TPSA) is 67.8 Å². The van der Waals surface area contributed by atoms with Gasteiger partial charge >= 0.3 is 5.97 Å². The van der Waals surface area contributed by atoms with Gasteiger partial charge in [0.15, 0.2) is 0 Å². The van der Waals surface area contributed by atoms with Crippen LogP contribution in [0.1, 0.15) is 18.4 Å². The van der Waals surface area contributed by atoms with E-state index in [0.29, 0.717) is 6.61 Å². The average Bonchev–Trinajstić information content (AvgIpc) is 2.89. The molecule has 1 aromatic carbocycles. The summed E-state index contributed by atoms with van der Waals surface area (Å²) in [6.07, 6.45) is 0. The van der Waals surface area contributed by atoms with Crippen molar-refractivity contribution in [3.63, 3.8) is 0 Å². The number of ether oxygens (including phenoxy) is 1. The van der Waals surface area contributed by atoms with Gasteiger partial charge in [-0.15, -0.1) is 11.8 Å². The molecule has 0 aromatic heterocycles. The Morgan fingerprint density at radius 2 is 2.25 bits per heavy atom. The summed E-state index contributed by atoms with van der Waals surface area (Å²) in [6, 6.07) is 9.64. The summed E-state index contributed by atoms with van der Waals surface area (Å²) in [5.41, 5.74) is 0.932. The first-order chi connectivity index (χ1) is 9.76. The SMILES string of the molecule is CCOC(=O)C(c1ccccc1)C1NC(COO)CS1. The average molecular weight is 297 g/mol. The van der Waals surface area contributed by atoms with Gasteiger partial charge in [-0.1, -0.05) is 30.3 Å². The Kier molecular flexibility index (Phi) is 5.85. The van der Waals surface area contributed by atoms with E-state index in [1.165, 1.54) is 0 Å². The highest BCUT2D eigenvalue weighted by Gasteiger charge is 2.37. The molecule has 0 bridgehead atoms. The van der Waals surface area contributed by atoms with Crippen molar-refractivity contribution in [2.75, 3.05) is 19.0 Å². The normalized spacial score (nSPS) is 23.5. The Hall–Kier alpha value is -1.08. The van der Waals surface area contributed by atoms with E-state index in [4.69, 9.17) is 9.99 Å². The minimum absolute atomic E-state index is 0.0376. The van der Waals surface area contributed by atoms with E-state index in [1.807, 2.05) is 30.3 Å². The number of rotatable bonds is 6. The van der Waals surface area contributed by atoms with Crippen LogP contribution in [0.15, 0.2) is 30.3 Å². The predicted molar refractivity (Wildman–Crippen MR) is 77.6 cm³/mol. The van der Waals surface area contributed by atoms with Crippen LogP contribution < -0.4 is 5.32 Å². The molecule has 1 heterocycles. The van der Waals surface area contributed by atoms with Gasteiger partial charge < -0.3 is 4.74 Å². The Labute approximate surface area is 122 Å². The largest absolute Gasteiger partial charge is 0.465 e. The van der Waals surface area contributed by atoms with Gasteiger partial charge in [0.1, 0.15) is 5.92 Å². The number of hydrogen-bond donors (Lipinski definition) is 2. The number of esters is 1. The number of carbonyl (C=O) groups excluding carboxylic acids is 1. The van der Waals surface area contributed by atoms with Crippen LogP contribution in [0.5, 0.6) is 0 Å². The summed E-state index contributed by atoms with van der Waals surface area (Å²) in [4.78, 5) is 16.4. The zero-order valence-electron chi connectivity index (χ0n) is 11.3. The quantitative estimate of drug-likeness (QED) is 0.474. The maximum absolute atomic E-state index is 12.2. The summed E-state index contributed by atoms with van der Waals surface area (Å²) < 4.78 is 5.19. The lowest BCUT2D eigenvalue weighted by Gasteiger charge is -2.22. The first kappa shape index (κ1) is 15.3. The lowest BCUT2D eigenvalue weighted by molar-refractivity contribution is -0.245. The van der Waals surface area contributed by atoms with Gasteiger partial charge in [0.2, 0.25) is 0 Å². The number of benzene rings is 1. The fourth-order valence-corrected chi connectivity index (χ4v) is 3.64. The zero-order chi connectivity index (χ0) is 14.4. The molecule has 6 heteroatoms. The molecular formula is C14H19NO4S. The van der Waals surface area contributed by atoms with Gasteiger partial charge in [-0.25, -0.2) is 4.89 Å². The molecule has 0 saturated carbocycles. The van der Waals surface area contributed by atoms with Crippen molar-refractivity contribution in [2.45, 2.75) is 24.3 Å². The molecule has 1 aromatic rings. The van der Waals surface area contributed by atoms with E-state index >= 15 is 0 Å². The molecule has 5 nitrogen and oxygen atoms in total. The van der Waals surface area contributed by atoms with Crippen LogP contribution in [0.3, 0.4) is 0 Å². The highest BCUT2D eigenvalue weighted by atomic mass is 32.2. The summed E-state index contributed by atoms with van der Waals surface area (Å²) in [5, 5.41) is 11.8. The fraction of sp³-hybridized carbons (Fsp3) is 0.500. The van der Waals surface area contributed by atoms with Gasteiger partial charge in [0.05, 0.1) is 18.6 Å². The lowest BCUT2D eigenvalue weighted by Crippen LogP contribution is -2.39. The molecule has 0 radical (unpaired) electrons. The van der Waals surface area contributed by atoms with Crippen molar-refractivity contribution in [3.05, 3.63) is 35.9 Å². The fourth-order valence-electron chi connectivity index (χ4n) is 2.25. The Morgan fingerprint density at radius 1 is 1.50 bits per heavy atom. The molecular weight excluding hydrogens is 278 g/mol. The van der Waals surface area contributed by atoms with E-state index in [9.17, 15) is 4.79 Å². The molecule has 3 unspecified atom stereocenters. The summed E-state index contributed by atoms with van der Waals surface area (Å²) in [6.45, 7) is 2.38. The second kappa shape index (κ2) is 7.64. The third-order valence-corrected chi connectivity index (χ3v) is 4.52. The molecule has 2 N–H and O–H groups in total. The van der Waals surface area contributed by atoms with Gasteiger partial charge in [0.25, 0.3) is 0 Å². The van der Waals surface area contributed by atoms with Crippen molar-refractivity contribution in [2.24, 2.45) is 0 Å². The van der Waals surface area contributed by atoms with E-state index in [0.717, 1.165) is 11.3 Å². The third-order valence-electron chi connectivity index (χ3n) is 3.15. The second-order valence-corrected chi connectivity index (χ2v) is 5.73. The number of thioether (sulfide) groups is 1. The Balaban J connectivity index is 2.13. The van der Waals surface area contributed by atoms with E-state index in [2.05, 4.69) is 10.2 Å². The van der Waals surface area contributed by atoms with Gasteiger partial charge in [0, 0.05) is 11.8 Å². The molecule has 1 fully saturated rings. The van der Waals surface area contributed by atoms with Gasteiger partial charge in [-0.2, -0.15) is 0 Å². The van der Waals surface area contributed by atoms with Gasteiger partial charge in [-0.3, -0.25) is 15.4 Å². The molecule has 2 rings (SSSR count). The van der Waals surface area contributed by atoms with Crippen LogP contribution in [-0.2, 0) is 14.4 Å². The second-order valence-electron chi connectivity index (χ2n) is 4.55. The molecule has 0 aliphatic carbocycles. The van der Waals surface area contributed by atoms with Crippen LogP contribution in [-0.4, -0.2) is 41.6 Å². The van der Waals surface area contributed by atoms with Crippen LogP contribution in [0, 0.1) is 0 Å². The summed E-state index contributed by atoms with van der Waals surface area (Å²) in [5.74, 6) is 0.202. The Morgan fingerprint density at radius 3 is 2.90 bits per heavy atom. The van der Waals surface area contributed by atoms with E-state index in [-0.39, 0.29) is 29.9 Å². The van der Waals surface area contributed by atoms with Crippen LogP contribution in [0.2, 0.25) is 0 Å². The smallest absolute Gasteiger partial charge is 0.315 e. The minimum atomic E-state index is -0.357. The molecule has 110 valence electrons. The maximum Gasteiger partial charge on any atom is 0.315 e. The highest BCUT2D eigenvalue weighted by molar-refractivity contribution is 8.00. The number of nitrogens with one attached hydrogen (secondary N) is 1. The standard InChI is InChI=1S/C14H19NO4S/c1-2-18-14(16)12(10-6-4-3-5-7-10)13-15-11(8-19-17)9-20-13/h3-7,11-13,15,17H,2,8-9H2,1H3. The van der Waals surface area contributed by atoms with Crippen LogP contribution in [0.4, 0.5) is 0 Å². The predicted octanol–water partition coefficient (Wildman–Crippen LogP) is 1.85. The summed E-state index contributed by atoms with van der Waals surface area (Å²) in [7, 11) is 0. The molecule has 1 saturated heterocycles. The van der Waals surface area contributed by atoms with E-state index in [1.54, 1.807) is 18.7 Å². The zero-order valence-corrected chi connectivity index (χ0v) is 12.1. The third kappa shape index (κ3) is 3.73. The van der Waals surface area contributed by atoms with Crippen molar-refractivity contribution >= 4 is 17.7 Å². The first-order valence-electron chi connectivity index (χ1n) is 6.61. The van der Waals surface area contributed by atoms with Crippen molar-refractivity contribution in [1.82, 2.24) is 5.32 Å². The molecule has 1 aliphatic rings. The molecule has 0 spiro atoms. The first-order valence-corrected chi connectivity index (χ1v) is 7.66. The van der Waals surface area contributed by atoms with Crippen molar-refractivity contribution < 1.29 is 19.7 Å². The molecule has 1 aliphatic heterocycles. The lowest BCUT2D eigenvalue weighted by atomic mass is 9.98. The summed E-state index contributed by atoms with van der Waals surface area (Å²) >= 11 is 1.64. The monoisotopic (exact) mass is 297 g/mol. The maximum atomic E-state index is 12.2. The highest BCUT2D eigenvalue weighted by Crippen LogP contribution is 2.33. The van der Waals surface area contributed by atoms with E-state index < -0.39 is 0 Å². The van der Waals surface area contributed by atoms with Crippen molar-refractivity contribution in [3.8, 4) is 0 Å². The van der Waals surface area contributed by atoms with Crippen LogP contribution in [0.25, 0.3) is 0 Å². The number of hydrogen-bond acceptors (Lipinski definition) is 6. The number of carbonyl (C=O) groups is 1. The van der Waals surface area contributed by atoms with Gasteiger partial charge in [-0.05, 0) is 12.5 Å². The molecule has 0 amide bonds. The molecule has 20 heavy (non-hydrogen) atoms. The molecule has 3 atom stereocenters. The minimum Gasteiger partial charge on any atom is -0.465 e.